The number of piperidine rings is 1. The Labute approximate surface area is 209 Å². The van der Waals surface area contributed by atoms with Crippen LogP contribution in [0.5, 0.6) is 5.75 Å². The van der Waals surface area contributed by atoms with Crippen LogP contribution in [0.25, 0.3) is 17.0 Å². The van der Waals surface area contributed by atoms with Crippen LogP contribution in [0, 0.1) is 5.41 Å². The first kappa shape index (κ1) is 22.2. The average molecular weight is 490 g/mol. The van der Waals surface area contributed by atoms with Gasteiger partial charge in [-0.05, 0) is 61.1 Å². The fraction of sp³-hybridized carbons (Fsp3) is 0.357. The van der Waals surface area contributed by atoms with E-state index in [-0.39, 0.29) is 23.8 Å². The quantitative estimate of drug-likeness (QED) is 0.521. The summed E-state index contributed by atoms with van der Waals surface area (Å²) in [5, 5.41) is 1.71. The molecule has 3 aliphatic rings. The fourth-order valence-corrected chi connectivity index (χ4v) is 6.01. The molecule has 1 spiro atoms. The Kier molecular flexibility index (Phi) is 5.37. The van der Waals surface area contributed by atoms with Crippen LogP contribution in [0.3, 0.4) is 0 Å². The van der Waals surface area contributed by atoms with Gasteiger partial charge in [-0.1, -0.05) is 29.8 Å². The minimum absolute atomic E-state index is 0.0431. The molecule has 6 nitrogen and oxygen atoms in total. The van der Waals surface area contributed by atoms with E-state index in [2.05, 4.69) is 0 Å². The summed E-state index contributed by atoms with van der Waals surface area (Å²) in [6.45, 7) is 3.21. The number of ether oxygens (including phenoxy) is 1. The number of fused-ring (bicyclic) bond motifs is 2. The van der Waals surface area contributed by atoms with Gasteiger partial charge in [0.05, 0.1) is 5.57 Å². The number of nitrogens with zero attached hydrogens (tertiary/aromatic N) is 3. The number of carbonyl (C=O) groups is 2. The van der Waals surface area contributed by atoms with Crippen molar-refractivity contribution in [1.29, 1.82) is 0 Å². The molecule has 2 amide bonds. The highest BCUT2D eigenvalue weighted by atomic mass is 35.5. The molecule has 0 saturated carbocycles. The molecule has 3 aliphatic heterocycles. The van der Waals surface area contributed by atoms with Crippen molar-refractivity contribution in [3.63, 3.8) is 0 Å². The lowest BCUT2D eigenvalue weighted by Crippen LogP contribution is -2.45. The van der Waals surface area contributed by atoms with E-state index in [1.54, 1.807) is 6.07 Å². The van der Waals surface area contributed by atoms with Gasteiger partial charge < -0.3 is 19.1 Å². The molecule has 1 aromatic heterocycles. The van der Waals surface area contributed by atoms with Crippen LogP contribution in [-0.4, -0.2) is 59.0 Å². The van der Waals surface area contributed by atoms with Gasteiger partial charge in [-0.2, -0.15) is 0 Å². The zero-order valence-electron chi connectivity index (χ0n) is 19.8. The Morgan fingerprint density at radius 1 is 0.943 bits per heavy atom. The predicted molar refractivity (Wildman–Crippen MR) is 137 cm³/mol. The second-order valence-electron chi connectivity index (χ2n) is 10.1. The van der Waals surface area contributed by atoms with Gasteiger partial charge in [0.2, 0.25) is 0 Å². The number of benzene rings is 2. The molecule has 3 aromatic rings. The summed E-state index contributed by atoms with van der Waals surface area (Å²) in [5.74, 6) is 0.889. The number of para-hydroxylation sites is 1. The molecule has 2 fully saturated rings. The van der Waals surface area contributed by atoms with E-state index < -0.39 is 0 Å². The van der Waals surface area contributed by atoms with Crippen molar-refractivity contribution in [3.05, 3.63) is 70.4 Å². The summed E-state index contributed by atoms with van der Waals surface area (Å²) in [6, 6.07) is 15.5. The Morgan fingerprint density at radius 2 is 1.69 bits per heavy atom. The first-order chi connectivity index (χ1) is 16.9. The topological polar surface area (TPSA) is 54.8 Å². The Bertz CT molecular complexity index is 1370. The highest BCUT2D eigenvalue weighted by molar-refractivity contribution is 6.30. The number of hydrogen-bond acceptors (Lipinski definition) is 3. The number of aryl methyl sites for hydroxylation is 1. The van der Waals surface area contributed by atoms with Gasteiger partial charge in [-0.25, -0.2) is 0 Å². The zero-order chi connectivity index (χ0) is 24.2. The second-order valence-corrected chi connectivity index (χ2v) is 10.5. The summed E-state index contributed by atoms with van der Waals surface area (Å²) in [6.07, 6.45) is 4.72. The molecule has 0 N–H and O–H groups in total. The largest absolute Gasteiger partial charge is 0.488 e. The van der Waals surface area contributed by atoms with Gasteiger partial charge in [-0.3, -0.25) is 9.59 Å². The second kappa shape index (κ2) is 8.45. The number of aromatic nitrogens is 1. The van der Waals surface area contributed by atoms with Crippen molar-refractivity contribution < 1.29 is 14.3 Å². The van der Waals surface area contributed by atoms with E-state index in [4.69, 9.17) is 16.3 Å². The van der Waals surface area contributed by atoms with Gasteiger partial charge in [-0.15, -0.1) is 0 Å². The maximum atomic E-state index is 13.3. The summed E-state index contributed by atoms with van der Waals surface area (Å²) >= 11 is 6.12. The summed E-state index contributed by atoms with van der Waals surface area (Å²) in [5.41, 5.74) is 3.40. The van der Waals surface area contributed by atoms with E-state index in [0.29, 0.717) is 10.6 Å². The SMILES string of the molecule is Cn1c(C(=O)N2CCC3(CCN(C(=O)C4=Cc5cc(Cl)ccc5OC4)C3)CC2)cc2ccccc21. The van der Waals surface area contributed by atoms with Gasteiger partial charge >= 0.3 is 0 Å². The van der Waals surface area contributed by atoms with Crippen molar-refractivity contribution >= 4 is 40.4 Å². The van der Waals surface area contributed by atoms with Crippen molar-refractivity contribution in [2.75, 3.05) is 32.8 Å². The maximum Gasteiger partial charge on any atom is 0.270 e. The van der Waals surface area contributed by atoms with Crippen molar-refractivity contribution in [2.45, 2.75) is 19.3 Å². The van der Waals surface area contributed by atoms with Crippen LogP contribution in [0.15, 0.2) is 54.1 Å². The van der Waals surface area contributed by atoms with Crippen LogP contribution in [0.4, 0.5) is 0 Å². The highest BCUT2D eigenvalue weighted by Gasteiger charge is 2.43. The van der Waals surface area contributed by atoms with E-state index >= 15 is 0 Å². The summed E-state index contributed by atoms with van der Waals surface area (Å²) in [4.78, 5) is 30.5. The van der Waals surface area contributed by atoms with Crippen LogP contribution >= 0.6 is 11.6 Å². The average Bonchev–Trinajstić information content (AvgIpc) is 3.44. The number of halogens is 1. The van der Waals surface area contributed by atoms with Crippen LogP contribution in [0.2, 0.25) is 5.02 Å². The molecular formula is C28H28ClN3O3. The number of amides is 2. The molecule has 0 aliphatic carbocycles. The lowest BCUT2D eigenvalue weighted by Gasteiger charge is -2.39. The van der Waals surface area contributed by atoms with Crippen LogP contribution in [-0.2, 0) is 11.8 Å². The normalized spacial score (nSPS) is 19.0. The van der Waals surface area contributed by atoms with Crippen molar-refractivity contribution in [3.8, 4) is 5.75 Å². The molecule has 7 heteroatoms. The van der Waals surface area contributed by atoms with Gasteiger partial charge in [0.1, 0.15) is 18.1 Å². The van der Waals surface area contributed by atoms with E-state index in [0.717, 1.165) is 73.4 Å². The molecule has 2 aromatic carbocycles. The lowest BCUT2D eigenvalue weighted by atomic mass is 9.77. The van der Waals surface area contributed by atoms with E-state index in [1.807, 2.05) is 70.0 Å². The van der Waals surface area contributed by atoms with E-state index in [9.17, 15) is 9.59 Å². The third kappa shape index (κ3) is 3.90. The van der Waals surface area contributed by atoms with Crippen LogP contribution in [0.1, 0.15) is 35.3 Å². The highest BCUT2D eigenvalue weighted by Crippen LogP contribution is 2.41. The first-order valence-corrected chi connectivity index (χ1v) is 12.6. The van der Waals surface area contributed by atoms with Crippen molar-refractivity contribution in [1.82, 2.24) is 14.4 Å². The molecule has 6 rings (SSSR count). The smallest absolute Gasteiger partial charge is 0.270 e. The standard InChI is InChI=1S/C28H28ClN3O3/c1-30-23-5-3-2-4-19(23)16-24(30)27(34)31-11-8-28(9-12-31)10-13-32(18-28)26(33)21-14-20-15-22(29)6-7-25(20)35-17-21/h2-7,14-16H,8-13,17-18H2,1H3. The third-order valence-corrected chi connectivity index (χ3v) is 8.20. The van der Waals surface area contributed by atoms with Crippen LogP contribution < -0.4 is 4.74 Å². The zero-order valence-corrected chi connectivity index (χ0v) is 20.6. The number of carbonyl (C=O) groups excluding carboxylic acids is 2. The Balaban J connectivity index is 1.12. The minimum Gasteiger partial charge on any atom is -0.488 e. The lowest BCUT2D eigenvalue weighted by molar-refractivity contribution is -0.127. The number of likely N-dealkylation sites (tertiary alicyclic amines) is 2. The fourth-order valence-electron chi connectivity index (χ4n) is 5.83. The molecule has 35 heavy (non-hydrogen) atoms. The molecule has 2 saturated heterocycles. The molecule has 180 valence electrons. The van der Waals surface area contributed by atoms with E-state index in [1.165, 1.54) is 0 Å². The summed E-state index contributed by atoms with van der Waals surface area (Å²) < 4.78 is 7.79. The molecule has 0 radical (unpaired) electrons. The third-order valence-electron chi connectivity index (χ3n) is 7.97. The maximum absolute atomic E-state index is 13.3. The molecule has 4 heterocycles. The minimum atomic E-state index is 0.0431. The van der Waals surface area contributed by atoms with Gasteiger partial charge in [0, 0.05) is 54.7 Å². The Morgan fingerprint density at radius 3 is 2.46 bits per heavy atom. The summed E-state index contributed by atoms with van der Waals surface area (Å²) in [7, 11) is 1.96. The molecule has 0 atom stereocenters. The predicted octanol–water partition coefficient (Wildman–Crippen LogP) is 4.76. The molecular weight excluding hydrogens is 462 g/mol. The first-order valence-electron chi connectivity index (χ1n) is 12.2. The molecule has 0 unspecified atom stereocenters. The monoisotopic (exact) mass is 489 g/mol. The van der Waals surface area contributed by atoms with Gasteiger partial charge in [0.15, 0.2) is 0 Å². The number of rotatable bonds is 2. The van der Waals surface area contributed by atoms with Crippen molar-refractivity contribution in [2.24, 2.45) is 12.5 Å². The number of hydrogen-bond donors (Lipinski definition) is 0. The molecule has 0 bridgehead atoms. The Hall–Kier alpha value is -3.25. The van der Waals surface area contributed by atoms with Gasteiger partial charge in [0.25, 0.3) is 11.8 Å².